The summed E-state index contributed by atoms with van der Waals surface area (Å²) < 4.78 is 0. The summed E-state index contributed by atoms with van der Waals surface area (Å²) >= 11 is 0. The van der Waals surface area contributed by atoms with Crippen LogP contribution in [0.1, 0.15) is 129 Å². The van der Waals surface area contributed by atoms with Gasteiger partial charge in [0.1, 0.15) is 0 Å². The second kappa shape index (κ2) is 21.1. The lowest BCUT2D eigenvalue weighted by molar-refractivity contribution is 0.401. The van der Waals surface area contributed by atoms with Gasteiger partial charge in [-0.15, -0.1) is 0 Å². The van der Waals surface area contributed by atoms with Gasteiger partial charge in [0.25, 0.3) is 0 Å². The first-order valence-electron chi connectivity index (χ1n) is 24.4. The van der Waals surface area contributed by atoms with E-state index in [0.717, 1.165) is 45.3 Å². The molecule has 7 aromatic rings. The molecule has 0 saturated carbocycles. The van der Waals surface area contributed by atoms with E-state index in [4.69, 9.17) is 0 Å². The number of aryl methyl sites for hydroxylation is 3. The highest BCUT2D eigenvalue weighted by Crippen LogP contribution is 2.55. The molecule has 0 atom stereocenters. The molecule has 0 radical (unpaired) electrons. The highest BCUT2D eigenvalue weighted by atomic mass is 15.2. The second-order valence-electron chi connectivity index (χ2n) is 18.4. The molecule has 0 aliphatic heterocycles. The van der Waals surface area contributed by atoms with Crippen LogP contribution < -0.4 is 9.80 Å². The number of fused-ring (bicyclic) bond motifs is 3. The molecular weight excluding hydrogens is 785 g/mol. The molecule has 7 aromatic carbocycles. The largest absolute Gasteiger partial charge is 0.310 e. The van der Waals surface area contributed by atoms with Crippen molar-refractivity contribution in [1.29, 1.82) is 0 Å². The normalized spacial score (nSPS) is 12.8. The number of para-hydroxylation sites is 2. The van der Waals surface area contributed by atoms with Crippen molar-refractivity contribution in [2.45, 2.75) is 111 Å². The molecule has 2 heteroatoms. The van der Waals surface area contributed by atoms with Crippen molar-refractivity contribution in [1.82, 2.24) is 0 Å². The van der Waals surface area contributed by atoms with Gasteiger partial charge in [0, 0.05) is 39.3 Å². The third-order valence-corrected chi connectivity index (χ3v) is 13.5. The summed E-state index contributed by atoms with van der Waals surface area (Å²) in [6.45, 7) is 13.4. The molecular formula is C63H68N2. The fourth-order valence-electron chi connectivity index (χ4n) is 10.1. The predicted octanol–water partition coefficient (Wildman–Crippen LogP) is 19.0. The SMILES string of the molecule is C/C=C/c1cc(N(c2ccccc2)c2ccc(C)cc2)c(/C=C/c2ccc3c(c2)C(CCCCCC)(CCCCCC)c2cc(C)ccc2-3)cc1N(c1ccccc1)c1ccc(C)cc1. The van der Waals surface area contributed by atoms with E-state index in [-0.39, 0.29) is 5.41 Å². The van der Waals surface area contributed by atoms with Crippen LogP contribution in [-0.4, -0.2) is 0 Å². The number of anilines is 6. The zero-order valence-electron chi connectivity index (χ0n) is 39.8. The maximum Gasteiger partial charge on any atom is 0.0541 e. The van der Waals surface area contributed by atoms with Crippen LogP contribution in [0.5, 0.6) is 0 Å². The Labute approximate surface area is 391 Å². The molecule has 65 heavy (non-hydrogen) atoms. The number of rotatable bonds is 19. The smallest absolute Gasteiger partial charge is 0.0541 e. The fraction of sp³-hybridized carbons (Fsp3) is 0.270. The average Bonchev–Trinajstić information content (AvgIpc) is 3.59. The maximum atomic E-state index is 2.56. The highest BCUT2D eigenvalue weighted by molar-refractivity contribution is 5.93. The molecule has 0 amide bonds. The first kappa shape index (κ1) is 45.2. The predicted molar refractivity (Wildman–Crippen MR) is 284 cm³/mol. The second-order valence-corrected chi connectivity index (χ2v) is 18.4. The van der Waals surface area contributed by atoms with Gasteiger partial charge >= 0.3 is 0 Å². The minimum absolute atomic E-state index is 0.0221. The number of hydrogen-bond donors (Lipinski definition) is 0. The van der Waals surface area contributed by atoms with Crippen molar-refractivity contribution in [2.24, 2.45) is 0 Å². The summed E-state index contributed by atoms with van der Waals surface area (Å²) in [5.41, 5.74) is 20.0. The van der Waals surface area contributed by atoms with Gasteiger partial charge in [0.05, 0.1) is 11.4 Å². The van der Waals surface area contributed by atoms with E-state index < -0.39 is 0 Å². The van der Waals surface area contributed by atoms with Crippen molar-refractivity contribution in [2.75, 3.05) is 9.80 Å². The molecule has 0 heterocycles. The van der Waals surface area contributed by atoms with E-state index >= 15 is 0 Å². The third kappa shape index (κ3) is 9.98. The number of hydrogen-bond acceptors (Lipinski definition) is 2. The van der Waals surface area contributed by atoms with Crippen LogP contribution >= 0.6 is 0 Å². The van der Waals surface area contributed by atoms with E-state index in [1.807, 2.05) is 0 Å². The Bertz CT molecular complexity index is 2690. The molecule has 330 valence electrons. The Morgan fingerprint density at radius 2 is 0.862 bits per heavy atom. The molecule has 0 bridgehead atoms. The van der Waals surface area contributed by atoms with E-state index in [9.17, 15) is 0 Å². The molecule has 0 aromatic heterocycles. The number of unbranched alkanes of at least 4 members (excludes halogenated alkanes) is 6. The minimum atomic E-state index is 0.0221. The topological polar surface area (TPSA) is 6.48 Å². The standard InChI is InChI=1S/C63H68N2/c1-7-10-12-20-41-63(42-21-13-11-8-2)59-43-49(6)31-39-57(59)58-40-33-50(44-60(58)63)32-34-52-46-61(64(53-23-16-14-17-24-53)55-35-27-47(4)28-36-55)51(22-9-3)45-62(52)65(54-25-18-15-19-26-54)56-37-29-48(5)30-38-56/h9,14-19,22-40,43-46H,7-8,10-13,20-21,41-42H2,1-6H3/b22-9+,34-32+. The van der Waals surface area contributed by atoms with Crippen molar-refractivity contribution in [3.8, 4) is 11.1 Å². The number of allylic oxidation sites excluding steroid dienone is 1. The summed E-state index contributed by atoms with van der Waals surface area (Å²) in [5.74, 6) is 0. The highest BCUT2D eigenvalue weighted by Gasteiger charge is 2.42. The first-order chi connectivity index (χ1) is 31.8. The van der Waals surface area contributed by atoms with Crippen LogP contribution in [0.3, 0.4) is 0 Å². The van der Waals surface area contributed by atoms with Crippen molar-refractivity contribution in [3.63, 3.8) is 0 Å². The Hall–Kier alpha value is -6.38. The third-order valence-electron chi connectivity index (χ3n) is 13.5. The molecule has 0 spiro atoms. The van der Waals surface area contributed by atoms with Gasteiger partial charge in [-0.2, -0.15) is 0 Å². The van der Waals surface area contributed by atoms with Crippen molar-refractivity contribution < 1.29 is 0 Å². The first-order valence-corrected chi connectivity index (χ1v) is 24.4. The lowest BCUT2D eigenvalue weighted by atomic mass is 9.70. The minimum Gasteiger partial charge on any atom is -0.310 e. The molecule has 1 aliphatic carbocycles. The molecule has 0 N–H and O–H groups in total. The van der Waals surface area contributed by atoms with Gasteiger partial charge in [-0.05, 0) is 129 Å². The van der Waals surface area contributed by atoms with Crippen LogP contribution in [0.4, 0.5) is 34.1 Å². The van der Waals surface area contributed by atoms with Crippen LogP contribution in [0.2, 0.25) is 0 Å². The molecule has 1 aliphatic rings. The van der Waals surface area contributed by atoms with E-state index in [2.05, 4.69) is 233 Å². The van der Waals surface area contributed by atoms with Crippen LogP contribution in [-0.2, 0) is 5.41 Å². The Morgan fingerprint density at radius 3 is 1.35 bits per heavy atom. The van der Waals surface area contributed by atoms with Gasteiger partial charge in [0.15, 0.2) is 0 Å². The van der Waals surface area contributed by atoms with Crippen molar-refractivity contribution in [3.05, 3.63) is 208 Å². The molecule has 0 saturated heterocycles. The Balaban J connectivity index is 1.33. The summed E-state index contributed by atoms with van der Waals surface area (Å²) in [6, 6.07) is 58.9. The lowest BCUT2D eigenvalue weighted by Gasteiger charge is -2.33. The van der Waals surface area contributed by atoms with Crippen LogP contribution in [0, 0.1) is 20.8 Å². The van der Waals surface area contributed by atoms with Crippen molar-refractivity contribution >= 4 is 52.4 Å². The summed E-state index contributed by atoms with van der Waals surface area (Å²) in [4.78, 5) is 4.84. The average molecular weight is 853 g/mol. The van der Waals surface area contributed by atoms with E-state index in [1.54, 1.807) is 5.56 Å². The van der Waals surface area contributed by atoms with Gasteiger partial charge in [-0.1, -0.05) is 203 Å². The van der Waals surface area contributed by atoms with Gasteiger partial charge < -0.3 is 9.80 Å². The van der Waals surface area contributed by atoms with Crippen LogP contribution in [0.25, 0.3) is 29.4 Å². The van der Waals surface area contributed by atoms with E-state index in [1.165, 1.54) is 103 Å². The van der Waals surface area contributed by atoms with E-state index in [0.29, 0.717) is 0 Å². The van der Waals surface area contributed by atoms with Crippen LogP contribution in [0.15, 0.2) is 164 Å². The quantitative estimate of drug-likeness (QED) is 0.0591. The van der Waals surface area contributed by atoms with Gasteiger partial charge in [-0.25, -0.2) is 0 Å². The summed E-state index contributed by atoms with van der Waals surface area (Å²) in [6.07, 6.45) is 21.8. The maximum absolute atomic E-state index is 2.56. The zero-order valence-corrected chi connectivity index (χ0v) is 39.8. The summed E-state index contributed by atoms with van der Waals surface area (Å²) in [5, 5.41) is 0. The summed E-state index contributed by atoms with van der Waals surface area (Å²) in [7, 11) is 0. The molecule has 2 nitrogen and oxygen atoms in total. The fourth-order valence-corrected chi connectivity index (χ4v) is 10.1. The number of nitrogens with zero attached hydrogens (tertiary/aromatic N) is 2. The number of benzene rings is 7. The molecule has 8 rings (SSSR count). The zero-order chi connectivity index (χ0) is 45.2. The Morgan fingerprint density at radius 1 is 0.415 bits per heavy atom. The Kier molecular flexibility index (Phi) is 14.7. The molecule has 0 unspecified atom stereocenters. The molecule has 0 fully saturated rings. The monoisotopic (exact) mass is 853 g/mol. The van der Waals surface area contributed by atoms with Gasteiger partial charge in [0.2, 0.25) is 0 Å². The lowest BCUT2D eigenvalue weighted by Crippen LogP contribution is -2.25. The van der Waals surface area contributed by atoms with Gasteiger partial charge in [-0.3, -0.25) is 0 Å².